The van der Waals surface area contributed by atoms with E-state index in [0.717, 1.165) is 30.5 Å². The van der Waals surface area contributed by atoms with Gasteiger partial charge in [-0.2, -0.15) is 0 Å². The van der Waals surface area contributed by atoms with Gasteiger partial charge in [0.05, 0.1) is 6.04 Å². The molecule has 1 N–H and O–H groups in total. The van der Waals surface area contributed by atoms with Gasteiger partial charge in [-0.05, 0) is 72.4 Å². The van der Waals surface area contributed by atoms with E-state index in [9.17, 15) is 9.35 Å². The number of carbonyl (C=O) groups excluding carboxylic acids is 1. The fourth-order valence-corrected chi connectivity index (χ4v) is 4.97. The second-order valence-electron chi connectivity index (χ2n) is 9.98. The van der Waals surface area contributed by atoms with Crippen molar-refractivity contribution in [2.45, 2.75) is 77.2 Å². The first-order valence-corrected chi connectivity index (χ1v) is 11.2. The van der Waals surface area contributed by atoms with Crippen molar-refractivity contribution in [2.24, 2.45) is 5.41 Å². The topological polar surface area (TPSA) is 77.5 Å². The van der Waals surface area contributed by atoms with Crippen LogP contribution >= 0.6 is 0 Å². The molecule has 6 nitrogen and oxygen atoms in total. The third kappa shape index (κ3) is 4.47. The first kappa shape index (κ1) is 21.4. The highest BCUT2D eigenvalue weighted by Gasteiger charge is 2.51. The van der Waals surface area contributed by atoms with Gasteiger partial charge in [0, 0.05) is 41.8 Å². The van der Waals surface area contributed by atoms with Crippen molar-refractivity contribution in [3.63, 3.8) is 0 Å². The fourth-order valence-electron chi connectivity index (χ4n) is 4.03. The van der Waals surface area contributed by atoms with Crippen LogP contribution in [0.25, 0.3) is 0 Å². The Bertz CT molecular complexity index is 718. The molecule has 1 unspecified atom stereocenters. The molecule has 1 aromatic heterocycles. The van der Waals surface area contributed by atoms with Crippen molar-refractivity contribution >= 4 is 17.5 Å². The smallest absolute Gasteiger partial charge is 0.410 e. The van der Waals surface area contributed by atoms with Crippen LogP contribution in [0.1, 0.15) is 71.7 Å². The predicted molar refractivity (Wildman–Crippen MR) is 111 cm³/mol. The van der Waals surface area contributed by atoms with Crippen LogP contribution in [0, 0.1) is 5.41 Å². The highest BCUT2D eigenvalue weighted by atomic mass is 32.2. The van der Waals surface area contributed by atoms with Crippen LogP contribution in [0.2, 0.25) is 0 Å². The lowest BCUT2D eigenvalue weighted by Crippen LogP contribution is -2.51. The van der Waals surface area contributed by atoms with Crippen LogP contribution in [0.5, 0.6) is 0 Å². The van der Waals surface area contributed by atoms with E-state index in [4.69, 9.17) is 4.74 Å². The summed E-state index contributed by atoms with van der Waals surface area (Å²) in [6.07, 6.45) is 4.10. The van der Waals surface area contributed by atoms with E-state index >= 15 is 0 Å². The lowest BCUT2D eigenvalue weighted by molar-refractivity contribution is 0.00711. The summed E-state index contributed by atoms with van der Waals surface area (Å²) in [5.74, 6) is 0. The summed E-state index contributed by atoms with van der Waals surface area (Å²) < 4.78 is 21.5. The molecule has 1 fully saturated rings. The monoisotopic (exact) mass is 407 g/mol. The van der Waals surface area contributed by atoms with E-state index in [-0.39, 0.29) is 22.3 Å². The molecule has 1 aliphatic heterocycles. The summed E-state index contributed by atoms with van der Waals surface area (Å²) in [4.78, 5) is 18.8. The van der Waals surface area contributed by atoms with Gasteiger partial charge in [-0.15, -0.1) is 4.72 Å². The Morgan fingerprint density at radius 3 is 2.50 bits per heavy atom. The number of rotatable bonds is 2. The number of likely N-dealkylation sites (tertiary alicyclic amines) is 1. The van der Waals surface area contributed by atoms with Gasteiger partial charge < -0.3 is 14.2 Å². The minimum atomic E-state index is -1.18. The van der Waals surface area contributed by atoms with Gasteiger partial charge in [-0.1, -0.05) is 6.07 Å². The molecule has 2 heterocycles. The Labute approximate surface area is 171 Å². The fraction of sp³-hybridized carbons (Fsp3) is 0.714. The predicted octanol–water partition coefficient (Wildman–Crippen LogP) is 3.75. The standard InChI is InChI=1S/C21H33N3O3S/c1-19(2,3)27-18(25)24-12-9-21(10-13-24)14-16-15(8-7-11-22-16)17(21)23-28(26)20(4,5)6/h7-8,11,17,23H,9-10,12-14H2,1-6H3/t17?,28-/m1/s1. The summed E-state index contributed by atoms with van der Waals surface area (Å²) in [5, 5.41) is 0. The Morgan fingerprint density at radius 2 is 1.93 bits per heavy atom. The number of hydrogen-bond donors (Lipinski definition) is 1. The van der Waals surface area contributed by atoms with Gasteiger partial charge in [0.1, 0.15) is 10.3 Å². The first-order valence-electron chi connectivity index (χ1n) is 10.0. The zero-order valence-corrected chi connectivity index (χ0v) is 18.7. The molecule has 1 aliphatic carbocycles. The van der Waals surface area contributed by atoms with E-state index in [1.54, 1.807) is 4.90 Å². The number of pyridine rings is 1. The highest BCUT2D eigenvalue weighted by Crippen LogP contribution is 2.52. The van der Waals surface area contributed by atoms with Crippen LogP contribution < -0.4 is 4.72 Å². The van der Waals surface area contributed by atoms with E-state index < -0.39 is 17.0 Å². The number of nitrogens with one attached hydrogen (secondary N) is 1. The molecule has 1 spiro atoms. The summed E-state index contributed by atoms with van der Waals surface area (Å²) in [6, 6.07) is 4.02. The molecule has 2 atom stereocenters. The van der Waals surface area contributed by atoms with Crippen LogP contribution in [0.15, 0.2) is 18.3 Å². The molecule has 0 aromatic carbocycles. The van der Waals surface area contributed by atoms with Crippen molar-refractivity contribution in [1.29, 1.82) is 0 Å². The number of ether oxygens (including phenoxy) is 1. The van der Waals surface area contributed by atoms with E-state index in [1.165, 1.54) is 0 Å². The van der Waals surface area contributed by atoms with Gasteiger partial charge >= 0.3 is 6.09 Å². The summed E-state index contributed by atoms with van der Waals surface area (Å²) in [5.41, 5.74) is 1.66. The van der Waals surface area contributed by atoms with Crippen molar-refractivity contribution in [2.75, 3.05) is 13.1 Å². The number of fused-ring (bicyclic) bond motifs is 1. The SMILES string of the molecule is CC(C)(C)OC(=O)N1CCC2(CC1)Cc1ncccc1C2N[S@+]([O-])C(C)(C)C. The molecule has 1 aromatic rings. The third-order valence-corrected chi connectivity index (χ3v) is 7.12. The van der Waals surface area contributed by atoms with Crippen molar-refractivity contribution in [3.05, 3.63) is 29.6 Å². The lowest BCUT2D eigenvalue weighted by Gasteiger charge is -2.43. The Balaban J connectivity index is 1.78. The first-order chi connectivity index (χ1) is 12.9. The molecular weight excluding hydrogens is 374 g/mol. The average molecular weight is 408 g/mol. The van der Waals surface area contributed by atoms with Gasteiger partial charge in [0.15, 0.2) is 0 Å². The molecule has 156 valence electrons. The van der Waals surface area contributed by atoms with E-state index in [1.807, 2.05) is 53.8 Å². The van der Waals surface area contributed by atoms with Gasteiger partial charge in [0.2, 0.25) is 0 Å². The van der Waals surface area contributed by atoms with Crippen LogP contribution in [0.3, 0.4) is 0 Å². The van der Waals surface area contributed by atoms with Crippen LogP contribution in [-0.2, 0) is 22.5 Å². The summed E-state index contributed by atoms with van der Waals surface area (Å²) in [6.45, 7) is 12.9. The number of carbonyl (C=O) groups is 1. The maximum absolute atomic E-state index is 12.9. The number of hydrogen-bond acceptors (Lipinski definition) is 5. The minimum absolute atomic E-state index is 0.0166. The molecule has 2 aliphatic rings. The van der Waals surface area contributed by atoms with Gasteiger partial charge in [0.25, 0.3) is 0 Å². The lowest BCUT2D eigenvalue weighted by atomic mass is 9.73. The van der Waals surface area contributed by atoms with Crippen LogP contribution in [-0.4, -0.2) is 44.0 Å². The van der Waals surface area contributed by atoms with Crippen molar-refractivity contribution in [1.82, 2.24) is 14.6 Å². The number of piperidine rings is 1. The van der Waals surface area contributed by atoms with Crippen molar-refractivity contribution < 1.29 is 14.1 Å². The quantitative estimate of drug-likeness (QED) is 0.756. The third-order valence-electron chi connectivity index (χ3n) is 5.56. The molecule has 1 saturated heterocycles. The van der Waals surface area contributed by atoms with Gasteiger partial charge in [-0.3, -0.25) is 4.98 Å². The Morgan fingerprint density at radius 1 is 1.29 bits per heavy atom. The van der Waals surface area contributed by atoms with Gasteiger partial charge in [-0.25, -0.2) is 4.79 Å². The maximum atomic E-state index is 12.9. The summed E-state index contributed by atoms with van der Waals surface area (Å²) >= 11 is -1.18. The maximum Gasteiger partial charge on any atom is 0.410 e. The zero-order chi connectivity index (χ0) is 20.7. The second kappa shape index (κ2) is 7.50. The molecule has 0 saturated carbocycles. The van der Waals surface area contributed by atoms with E-state index in [2.05, 4.69) is 15.8 Å². The molecule has 0 bridgehead atoms. The molecular formula is C21H33N3O3S. The normalized spacial score (nSPS) is 22.8. The summed E-state index contributed by atoms with van der Waals surface area (Å²) in [7, 11) is 0. The molecule has 0 radical (unpaired) electrons. The highest BCUT2D eigenvalue weighted by molar-refractivity contribution is 7.90. The number of aromatic nitrogens is 1. The Kier molecular flexibility index (Phi) is 5.73. The largest absolute Gasteiger partial charge is 0.598 e. The average Bonchev–Trinajstić information content (AvgIpc) is 2.86. The van der Waals surface area contributed by atoms with Crippen molar-refractivity contribution in [3.8, 4) is 0 Å². The second-order valence-corrected chi connectivity index (χ2v) is 12.0. The molecule has 7 heteroatoms. The molecule has 3 rings (SSSR count). The number of amides is 1. The Hall–Kier alpha value is -1.31. The van der Waals surface area contributed by atoms with E-state index in [0.29, 0.717) is 13.1 Å². The zero-order valence-electron chi connectivity index (χ0n) is 17.9. The molecule has 1 amide bonds. The minimum Gasteiger partial charge on any atom is -0.598 e. The molecule has 28 heavy (non-hydrogen) atoms. The number of nitrogens with zero attached hydrogens (tertiary/aromatic N) is 2. The van der Waals surface area contributed by atoms with Crippen LogP contribution in [0.4, 0.5) is 4.79 Å².